The van der Waals surface area contributed by atoms with Gasteiger partial charge in [0.05, 0.1) is 85.9 Å². The van der Waals surface area contributed by atoms with E-state index in [1.165, 1.54) is 0 Å². The fourth-order valence-corrected chi connectivity index (χ4v) is 1.49. The molecular formula is C15H31N3O7. The van der Waals surface area contributed by atoms with E-state index in [2.05, 4.69) is 10.0 Å². The first-order valence-corrected chi connectivity index (χ1v) is 8.38. The minimum absolute atomic E-state index is 0.340. The summed E-state index contributed by atoms with van der Waals surface area (Å²) in [5.41, 5.74) is 8.07. The summed E-state index contributed by atoms with van der Waals surface area (Å²) in [6.45, 7) is 7.14. The Morgan fingerprint density at radius 1 is 0.560 bits per heavy atom. The molecule has 0 aromatic carbocycles. The average molecular weight is 365 g/mol. The molecule has 0 bridgehead atoms. The molecule has 0 unspecified atom stereocenters. The molecule has 0 aromatic rings. The molecular weight excluding hydrogens is 334 g/mol. The number of azide groups is 1. The van der Waals surface area contributed by atoms with Crippen molar-refractivity contribution < 1.29 is 33.2 Å². The Kier molecular flexibility index (Phi) is 22.1. The summed E-state index contributed by atoms with van der Waals surface area (Å²) in [6, 6.07) is 0. The first kappa shape index (κ1) is 24.0. The van der Waals surface area contributed by atoms with E-state index in [1.54, 1.807) is 7.11 Å². The monoisotopic (exact) mass is 365 g/mol. The van der Waals surface area contributed by atoms with Crippen molar-refractivity contribution in [2.24, 2.45) is 5.11 Å². The van der Waals surface area contributed by atoms with Crippen LogP contribution in [0.1, 0.15) is 0 Å². The zero-order valence-corrected chi connectivity index (χ0v) is 15.1. The summed E-state index contributed by atoms with van der Waals surface area (Å²) in [6.07, 6.45) is 0. The molecule has 0 aliphatic rings. The van der Waals surface area contributed by atoms with Crippen molar-refractivity contribution in [3.8, 4) is 0 Å². The molecule has 10 heteroatoms. The van der Waals surface area contributed by atoms with Crippen molar-refractivity contribution in [1.82, 2.24) is 0 Å². The van der Waals surface area contributed by atoms with Gasteiger partial charge in [0.15, 0.2) is 0 Å². The van der Waals surface area contributed by atoms with E-state index in [9.17, 15) is 0 Å². The van der Waals surface area contributed by atoms with Gasteiger partial charge in [-0.05, 0) is 5.53 Å². The molecule has 0 rings (SSSR count). The summed E-state index contributed by atoms with van der Waals surface area (Å²) in [5.74, 6) is 0. The first-order valence-electron chi connectivity index (χ1n) is 8.38. The minimum atomic E-state index is 0.340. The van der Waals surface area contributed by atoms with Gasteiger partial charge in [-0.25, -0.2) is 0 Å². The Balaban J connectivity index is 2.97. The van der Waals surface area contributed by atoms with Gasteiger partial charge in [0.2, 0.25) is 0 Å². The second-order valence-corrected chi connectivity index (χ2v) is 4.62. The molecule has 0 aliphatic carbocycles. The molecule has 0 aliphatic heterocycles. The SMILES string of the molecule is COCCOCCOCCOCCOCCOCCOCCN=[N+]=[N-]. The van der Waals surface area contributed by atoms with E-state index >= 15 is 0 Å². The minimum Gasteiger partial charge on any atom is -0.382 e. The second kappa shape index (κ2) is 23.0. The van der Waals surface area contributed by atoms with Crippen LogP contribution in [0.4, 0.5) is 0 Å². The quantitative estimate of drug-likeness (QED) is 0.129. The average Bonchev–Trinajstić information content (AvgIpc) is 2.63. The Bertz CT molecular complexity index is 305. The van der Waals surface area contributed by atoms with Crippen LogP contribution in [0.5, 0.6) is 0 Å². The van der Waals surface area contributed by atoms with Crippen LogP contribution in [0.15, 0.2) is 5.11 Å². The van der Waals surface area contributed by atoms with Gasteiger partial charge in [0, 0.05) is 18.6 Å². The third-order valence-corrected chi connectivity index (χ3v) is 2.69. The Hall–Kier alpha value is -0.970. The number of nitrogens with zero attached hydrogens (tertiary/aromatic N) is 3. The standard InChI is InChI=1S/C15H31N3O7/c1-19-4-5-21-8-9-23-12-13-25-15-14-24-11-10-22-7-6-20-3-2-17-18-16/h2-15H2,1H3. The predicted molar refractivity (Wildman–Crippen MR) is 90.8 cm³/mol. The van der Waals surface area contributed by atoms with Crippen LogP contribution in [0.2, 0.25) is 0 Å². The van der Waals surface area contributed by atoms with Crippen molar-refractivity contribution in [2.75, 3.05) is 99.5 Å². The normalized spacial score (nSPS) is 10.8. The fraction of sp³-hybridized carbons (Fsp3) is 1.00. The Labute approximate surface area is 149 Å². The van der Waals surface area contributed by atoms with Crippen LogP contribution in [-0.2, 0) is 33.2 Å². The van der Waals surface area contributed by atoms with Crippen LogP contribution < -0.4 is 0 Å². The predicted octanol–water partition coefficient (Wildman–Crippen LogP) is 1.04. The largest absolute Gasteiger partial charge is 0.382 e. The van der Waals surface area contributed by atoms with E-state index in [-0.39, 0.29) is 0 Å². The van der Waals surface area contributed by atoms with Gasteiger partial charge in [-0.3, -0.25) is 0 Å². The lowest BCUT2D eigenvalue weighted by molar-refractivity contribution is -0.0188. The second-order valence-electron chi connectivity index (χ2n) is 4.62. The number of hydrogen-bond acceptors (Lipinski definition) is 8. The third kappa shape index (κ3) is 23.0. The number of rotatable bonds is 21. The van der Waals surface area contributed by atoms with Crippen LogP contribution in [-0.4, -0.2) is 99.5 Å². The highest BCUT2D eigenvalue weighted by molar-refractivity contribution is 4.44. The molecule has 0 saturated heterocycles. The molecule has 0 amide bonds. The van der Waals surface area contributed by atoms with Gasteiger partial charge in [-0.2, -0.15) is 0 Å². The van der Waals surface area contributed by atoms with Crippen LogP contribution in [0.3, 0.4) is 0 Å². The van der Waals surface area contributed by atoms with Gasteiger partial charge < -0.3 is 33.2 Å². The maximum absolute atomic E-state index is 8.07. The van der Waals surface area contributed by atoms with Crippen molar-refractivity contribution >= 4 is 0 Å². The third-order valence-electron chi connectivity index (χ3n) is 2.69. The van der Waals surface area contributed by atoms with Gasteiger partial charge in [0.1, 0.15) is 0 Å². The van der Waals surface area contributed by atoms with Gasteiger partial charge in [-0.15, -0.1) is 0 Å². The lowest BCUT2D eigenvalue weighted by Gasteiger charge is -2.08. The van der Waals surface area contributed by atoms with Gasteiger partial charge >= 0.3 is 0 Å². The van der Waals surface area contributed by atoms with E-state index in [0.29, 0.717) is 92.4 Å². The fourth-order valence-electron chi connectivity index (χ4n) is 1.49. The number of hydrogen-bond donors (Lipinski definition) is 0. The summed E-state index contributed by atoms with van der Waals surface area (Å²) in [5, 5.41) is 3.35. The first-order chi connectivity index (χ1) is 12.4. The van der Waals surface area contributed by atoms with Gasteiger partial charge in [0.25, 0.3) is 0 Å². The molecule has 0 spiro atoms. The highest BCUT2D eigenvalue weighted by Crippen LogP contribution is 1.85. The zero-order chi connectivity index (χ0) is 18.3. The number of ether oxygens (including phenoxy) is 7. The molecule has 0 atom stereocenters. The van der Waals surface area contributed by atoms with E-state index < -0.39 is 0 Å². The molecule has 0 radical (unpaired) electrons. The molecule has 25 heavy (non-hydrogen) atoms. The van der Waals surface area contributed by atoms with Crippen LogP contribution in [0.25, 0.3) is 10.4 Å². The highest BCUT2D eigenvalue weighted by Gasteiger charge is 1.94. The summed E-state index contributed by atoms with van der Waals surface area (Å²) >= 11 is 0. The lowest BCUT2D eigenvalue weighted by atomic mass is 10.6. The van der Waals surface area contributed by atoms with Gasteiger partial charge in [-0.1, -0.05) is 5.11 Å². The maximum atomic E-state index is 8.07. The van der Waals surface area contributed by atoms with E-state index in [0.717, 1.165) is 0 Å². The zero-order valence-electron chi connectivity index (χ0n) is 15.1. The number of methoxy groups -OCH3 is 1. The smallest absolute Gasteiger partial charge is 0.0701 e. The molecule has 0 aromatic heterocycles. The molecule has 0 heterocycles. The molecule has 148 valence electrons. The van der Waals surface area contributed by atoms with Crippen molar-refractivity contribution in [3.63, 3.8) is 0 Å². The van der Waals surface area contributed by atoms with E-state index in [4.69, 9.17) is 38.7 Å². The molecule has 0 fully saturated rings. The Morgan fingerprint density at radius 3 is 1.20 bits per heavy atom. The summed E-state index contributed by atoms with van der Waals surface area (Å²) in [4.78, 5) is 2.63. The Morgan fingerprint density at radius 2 is 0.880 bits per heavy atom. The highest BCUT2D eigenvalue weighted by atomic mass is 16.6. The summed E-state index contributed by atoms with van der Waals surface area (Å²) < 4.78 is 36.7. The van der Waals surface area contributed by atoms with Crippen molar-refractivity contribution in [1.29, 1.82) is 0 Å². The van der Waals surface area contributed by atoms with Crippen LogP contribution in [0, 0.1) is 0 Å². The summed E-state index contributed by atoms with van der Waals surface area (Å²) in [7, 11) is 1.64. The molecule has 10 nitrogen and oxygen atoms in total. The van der Waals surface area contributed by atoms with Crippen LogP contribution >= 0.6 is 0 Å². The van der Waals surface area contributed by atoms with Crippen molar-refractivity contribution in [3.05, 3.63) is 10.4 Å². The van der Waals surface area contributed by atoms with Crippen molar-refractivity contribution in [2.45, 2.75) is 0 Å². The molecule has 0 saturated carbocycles. The van der Waals surface area contributed by atoms with E-state index in [1.807, 2.05) is 0 Å². The maximum Gasteiger partial charge on any atom is 0.0701 e. The lowest BCUT2D eigenvalue weighted by Crippen LogP contribution is -2.14. The molecule has 0 N–H and O–H groups in total. The topological polar surface area (TPSA) is 113 Å².